The first-order valence-electron chi connectivity index (χ1n) is 5.79. The molecule has 1 aliphatic heterocycles. The summed E-state index contributed by atoms with van der Waals surface area (Å²) in [6.45, 7) is 9.39. The molecule has 1 rings (SSSR count). The Morgan fingerprint density at radius 1 is 1.53 bits per heavy atom. The molecule has 0 aliphatic carbocycles. The number of ether oxygens (including phenoxy) is 1. The van der Waals surface area contributed by atoms with Crippen LogP contribution in [0.3, 0.4) is 0 Å². The van der Waals surface area contributed by atoms with Crippen molar-refractivity contribution in [3.8, 4) is 0 Å². The van der Waals surface area contributed by atoms with Crippen molar-refractivity contribution in [3.05, 3.63) is 25.3 Å². The minimum absolute atomic E-state index is 0.115. The van der Waals surface area contributed by atoms with Gasteiger partial charge in [0.1, 0.15) is 6.04 Å². The van der Waals surface area contributed by atoms with Crippen LogP contribution in [0.5, 0.6) is 0 Å². The lowest BCUT2D eigenvalue weighted by Gasteiger charge is -2.22. The van der Waals surface area contributed by atoms with Crippen molar-refractivity contribution in [2.24, 2.45) is 5.41 Å². The zero-order valence-electron chi connectivity index (χ0n) is 10.2. The number of carbonyl (C=O) groups is 2. The number of esters is 1. The fourth-order valence-corrected chi connectivity index (χ4v) is 2.22. The van der Waals surface area contributed by atoms with Crippen LogP contribution in [-0.4, -0.2) is 24.5 Å². The summed E-state index contributed by atoms with van der Waals surface area (Å²) in [7, 11) is 0. The highest BCUT2D eigenvalue weighted by atomic mass is 16.5. The first-order chi connectivity index (χ1) is 8.09. The maximum Gasteiger partial charge on any atom is 0.328 e. The summed E-state index contributed by atoms with van der Waals surface area (Å²) in [5, 5.41) is 2.69. The molecular weight excluding hydrogens is 218 g/mol. The monoisotopic (exact) mass is 237 g/mol. The van der Waals surface area contributed by atoms with Gasteiger partial charge in [0.25, 0.3) is 0 Å². The molecule has 4 heteroatoms. The molecule has 1 aliphatic rings. The molecule has 1 heterocycles. The lowest BCUT2D eigenvalue weighted by molar-refractivity contribution is -0.145. The van der Waals surface area contributed by atoms with E-state index in [1.54, 1.807) is 19.1 Å². The van der Waals surface area contributed by atoms with Gasteiger partial charge in [-0.25, -0.2) is 4.79 Å². The van der Waals surface area contributed by atoms with Gasteiger partial charge < -0.3 is 10.1 Å². The summed E-state index contributed by atoms with van der Waals surface area (Å²) in [5.41, 5.74) is -0.582. The van der Waals surface area contributed by atoms with E-state index >= 15 is 0 Å². The van der Waals surface area contributed by atoms with Crippen LogP contribution in [0.1, 0.15) is 26.2 Å². The smallest absolute Gasteiger partial charge is 0.328 e. The van der Waals surface area contributed by atoms with Crippen LogP contribution < -0.4 is 5.32 Å². The number of hydrogen-bond donors (Lipinski definition) is 1. The van der Waals surface area contributed by atoms with E-state index in [0.717, 1.165) is 0 Å². The SMILES string of the molecule is C=CCC1(CC=C)CC(C(=O)OCC)NC1=O. The van der Waals surface area contributed by atoms with Crippen molar-refractivity contribution < 1.29 is 14.3 Å². The van der Waals surface area contributed by atoms with Crippen LogP contribution >= 0.6 is 0 Å². The third-order valence-corrected chi connectivity index (χ3v) is 3.02. The van der Waals surface area contributed by atoms with Crippen molar-refractivity contribution in [2.75, 3.05) is 6.61 Å². The number of rotatable bonds is 6. The van der Waals surface area contributed by atoms with Gasteiger partial charge in [0.05, 0.1) is 12.0 Å². The number of allylic oxidation sites excluding steroid dienone is 2. The Bertz CT molecular complexity index is 326. The van der Waals surface area contributed by atoms with E-state index in [4.69, 9.17) is 4.74 Å². The molecule has 0 spiro atoms. The normalized spacial score (nSPS) is 21.7. The average molecular weight is 237 g/mol. The molecule has 17 heavy (non-hydrogen) atoms. The molecule has 1 amide bonds. The van der Waals surface area contributed by atoms with Gasteiger partial charge in [-0.2, -0.15) is 0 Å². The van der Waals surface area contributed by atoms with Crippen molar-refractivity contribution >= 4 is 11.9 Å². The summed E-state index contributed by atoms with van der Waals surface area (Å²) < 4.78 is 4.92. The van der Waals surface area contributed by atoms with Gasteiger partial charge in [-0.1, -0.05) is 12.2 Å². The topological polar surface area (TPSA) is 55.4 Å². The number of hydrogen-bond acceptors (Lipinski definition) is 3. The largest absolute Gasteiger partial charge is 0.464 e. The van der Waals surface area contributed by atoms with Crippen LogP contribution in [0.25, 0.3) is 0 Å². The van der Waals surface area contributed by atoms with E-state index < -0.39 is 11.5 Å². The predicted molar refractivity (Wildman–Crippen MR) is 65.2 cm³/mol. The van der Waals surface area contributed by atoms with E-state index in [0.29, 0.717) is 25.9 Å². The summed E-state index contributed by atoms with van der Waals surface area (Å²) in [6, 6.07) is -0.539. The van der Waals surface area contributed by atoms with Gasteiger partial charge >= 0.3 is 5.97 Å². The third kappa shape index (κ3) is 2.75. The molecule has 0 aromatic rings. The molecule has 1 N–H and O–H groups in total. The van der Waals surface area contributed by atoms with Gasteiger partial charge in [0, 0.05) is 0 Å². The summed E-state index contributed by atoms with van der Waals surface area (Å²) in [5.74, 6) is -0.480. The Morgan fingerprint density at radius 2 is 2.12 bits per heavy atom. The highest BCUT2D eigenvalue weighted by Crippen LogP contribution is 2.38. The molecule has 1 fully saturated rings. The Labute approximate surface area is 102 Å². The van der Waals surface area contributed by atoms with E-state index in [2.05, 4.69) is 18.5 Å². The standard InChI is InChI=1S/C13H19NO3/c1-4-7-13(8-5-2)9-10(14-12(13)16)11(15)17-6-3/h4-5,10H,1-2,6-9H2,3H3,(H,14,16). The second-order valence-electron chi connectivity index (χ2n) is 4.25. The molecule has 1 unspecified atom stereocenters. The third-order valence-electron chi connectivity index (χ3n) is 3.02. The molecule has 94 valence electrons. The average Bonchev–Trinajstić information content (AvgIpc) is 2.58. The second kappa shape index (κ2) is 5.66. The predicted octanol–water partition coefficient (Wildman–Crippen LogP) is 1.58. The van der Waals surface area contributed by atoms with E-state index in [-0.39, 0.29) is 11.9 Å². The van der Waals surface area contributed by atoms with Crippen molar-refractivity contribution in [1.29, 1.82) is 0 Å². The van der Waals surface area contributed by atoms with E-state index in [9.17, 15) is 9.59 Å². The van der Waals surface area contributed by atoms with Crippen molar-refractivity contribution in [1.82, 2.24) is 5.32 Å². The summed E-state index contributed by atoms with van der Waals surface area (Å²) >= 11 is 0. The van der Waals surface area contributed by atoms with Gasteiger partial charge in [0.15, 0.2) is 0 Å². The molecule has 0 aromatic carbocycles. The van der Waals surface area contributed by atoms with Crippen LogP contribution in [0.15, 0.2) is 25.3 Å². The maximum atomic E-state index is 12.0. The van der Waals surface area contributed by atoms with Gasteiger partial charge in [-0.05, 0) is 26.2 Å². The highest BCUT2D eigenvalue weighted by Gasteiger charge is 2.47. The Hall–Kier alpha value is -1.58. The summed E-state index contributed by atoms with van der Waals surface area (Å²) in [4.78, 5) is 23.6. The number of carbonyl (C=O) groups excluding carboxylic acids is 2. The van der Waals surface area contributed by atoms with Crippen molar-refractivity contribution in [2.45, 2.75) is 32.2 Å². The second-order valence-corrected chi connectivity index (χ2v) is 4.25. The lowest BCUT2D eigenvalue weighted by Crippen LogP contribution is -2.35. The van der Waals surface area contributed by atoms with Crippen molar-refractivity contribution in [3.63, 3.8) is 0 Å². The van der Waals surface area contributed by atoms with E-state index in [1.165, 1.54) is 0 Å². The van der Waals surface area contributed by atoms with E-state index in [1.807, 2.05) is 0 Å². The molecule has 0 aromatic heterocycles. The quantitative estimate of drug-likeness (QED) is 0.563. The fraction of sp³-hybridized carbons (Fsp3) is 0.538. The Morgan fingerprint density at radius 3 is 2.59 bits per heavy atom. The van der Waals surface area contributed by atoms with Crippen LogP contribution in [0, 0.1) is 5.41 Å². The Balaban J connectivity index is 2.81. The molecular formula is C13H19NO3. The van der Waals surface area contributed by atoms with Gasteiger partial charge in [-0.15, -0.1) is 13.2 Å². The molecule has 4 nitrogen and oxygen atoms in total. The first kappa shape index (κ1) is 13.5. The first-order valence-corrected chi connectivity index (χ1v) is 5.79. The number of nitrogens with one attached hydrogen (secondary N) is 1. The lowest BCUT2D eigenvalue weighted by atomic mass is 9.78. The minimum Gasteiger partial charge on any atom is -0.464 e. The fourth-order valence-electron chi connectivity index (χ4n) is 2.22. The van der Waals surface area contributed by atoms with Crippen LogP contribution in [-0.2, 0) is 14.3 Å². The van der Waals surface area contributed by atoms with Gasteiger partial charge in [0.2, 0.25) is 5.91 Å². The van der Waals surface area contributed by atoms with Gasteiger partial charge in [-0.3, -0.25) is 4.79 Å². The molecule has 0 bridgehead atoms. The molecule has 1 saturated heterocycles. The summed E-state index contributed by atoms with van der Waals surface area (Å²) in [6.07, 6.45) is 4.94. The minimum atomic E-state index is -0.582. The van der Waals surface area contributed by atoms with Crippen LogP contribution in [0.2, 0.25) is 0 Å². The molecule has 0 radical (unpaired) electrons. The highest BCUT2D eigenvalue weighted by molar-refractivity contribution is 5.92. The zero-order valence-corrected chi connectivity index (χ0v) is 10.2. The molecule has 0 saturated carbocycles. The molecule has 1 atom stereocenters. The Kier molecular flexibility index (Phi) is 4.49. The zero-order chi connectivity index (χ0) is 12.9. The number of amides is 1. The van der Waals surface area contributed by atoms with Crippen LogP contribution in [0.4, 0.5) is 0 Å². The maximum absolute atomic E-state index is 12.0.